The molecule has 2 aliphatic rings. The Morgan fingerprint density at radius 1 is 1.14 bits per heavy atom. The molecule has 1 saturated carbocycles. The zero-order chi connectivity index (χ0) is 19.2. The van der Waals surface area contributed by atoms with Crippen LogP contribution in [0.3, 0.4) is 0 Å². The molecule has 1 aromatic heterocycles. The number of fused-ring (bicyclic) bond motifs is 1. The van der Waals surface area contributed by atoms with Gasteiger partial charge >= 0.3 is 0 Å². The highest BCUT2D eigenvalue weighted by Crippen LogP contribution is 2.32. The second-order valence-corrected chi connectivity index (χ2v) is 6.99. The molecule has 0 bridgehead atoms. The van der Waals surface area contributed by atoms with Crippen molar-refractivity contribution in [1.29, 1.82) is 0 Å². The minimum absolute atomic E-state index is 0.282. The van der Waals surface area contributed by atoms with Crippen molar-refractivity contribution in [2.45, 2.75) is 32.9 Å². The zero-order valence-electron chi connectivity index (χ0n) is 16.1. The van der Waals surface area contributed by atoms with Crippen LogP contribution in [0, 0.1) is 5.92 Å². The number of rotatable bonds is 8. The molecule has 0 amide bonds. The summed E-state index contributed by atoms with van der Waals surface area (Å²) in [7, 11) is 0. The molecular weight excluding hydrogens is 356 g/mol. The molecule has 0 spiro atoms. The van der Waals surface area contributed by atoms with Crippen molar-refractivity contribution in [2.75, 3.05) is 19.9 Å². The molecule has 0 unspecified atom stereocenters. The number of hydrogen-bond donors (Lipinski definition) is 2. The number of nitrogens with zero attached hydrogens (tertiary/aromatic N) is 2. The number of hydrogen-bond acceptors (Lipinski definition) is 5. The monoisotopic (exact) mass is 382 g/mol. The molecule has 7 heteroatoms. The standard InChI is InChI=1S/C21H26N4O3/c1-2-22-21(24-11-16-5-6-18-19(9-16)28-14-27-18)25-12-17-7-8-23-20(10-17)26-13-15-3-4-15/h5-10,15H,2-4,11-14H2,1H3,(H2,22,24,25). The summed E-state index contributed by atoms with van der Waals surface area (Å²) in [5, 5.41) is 6.64. The first-order valence-corrected chi connectivity index (χ1v) is 9.78. The Balaban J connectivity index is 1.33. The first kappa shape index (κ1) is 18.4. The van der Waals surface area contributed by atoms with Crippen LogP contribution in [0.1, 0.15) is 30.9 Å². The fourth-order valence-electron chi connectivity index (χ4n) is 2.86. The molecule has 4 rings (SSSR count). The number of aromatic nitrogens is 1. The first-order chi connectivity index (χ1) is 13.8. The minimum Gasteiger partial charge on any atom is -0.477 e. The molecule has 2 aromatic rings. The molecule has 28 heavy (non-hydrogen) atoms. The van der Waals surface area contributed by atoms with Crippen molar-refractivity contribution in [3.63, 3.8) is 0 Å². The van der Waals surface area contributed by atoms with Crippen LogP contribution >= 0.6 is 0 Å². The lowest BCUT2D eigenvalue weighted by Crippen LogP contribution is -2.36. The molecule has 1 aliphatic heterocycles. The van der Waals surface area contributed by atoms with Crippen LogP contribution in [0.4, 0.5) is 0 Å². The molecule has 2 heterocycles. The molecule has 7 nitrogen and oxygen atoms in total. The van der Waals surface area contributed by atoms with Crippen molar-refractivity contribution in [1.82, 2.24) is 15.6 Å². The molecule has 1 fully saturated rings. The van der Waals surface area contributed by atoms with E-state index in [9.17, 15) is 0 Å². The smallest absolute Gasteiger partial charge is 0.231 e. The van der Waals surface area contributed by atoms with E-state index in [1.165, 1.54) is 12.8 Å². The van der Waals surface area contributed by atoms with Crippen LogP contribution in [0.25, 0.3) is 0 Å². The molecule has 0 atom stereocenters. The lowest BCUT2D eigenvalue weighted by molar-refractivity contribution is 0.174. The summed E-state index contributed by atoms with van der Waals surface area (Å²) in [6.07, 6.45) is 4.33. The maximum Gasteiger partial charge on any atom is 0.231 e. The molecule has 0 saturated heterocycles. The van der Waals surface area contributed by atoms with Gasteiger partial charge in [0.2, 0.25) is 12.7 Å². The summed E-state index contributed by atoms with van der Waals surface area (Å²) in [5.41, 5.74) is 2.18. The highest BCUT2D eigenvalue weighted by molar-refractivity contribution is 5.79. The lowest BCUT2D eigenvalue weighted by Gasteiger charge is -2.12. The molecule has 2 N–H and O–H groups in total. The topological polar surface area (TPSA) is 77.0 Å². The number of aliphatic imine (C=N–C) groups is 1. The van der Waals surface area contributed by atoms with Crippen molar-refractivity contribution < 1.29 is 14.2 Å². The Hall–Kier alpha value is -2.96. The van der Waals surface area contributed by atoms with Crippen molar-refractivity contribution in [3.8, 4) is 17.4 Å². The van der Waals surface area contributed by atoms with E-state index in [1.54, 1.807) is 6.20 Å². The Labute approximate surface area is 165 Å². The van der Waals surface area contributed by atoms with Crippen LogP contribution in [-0.2, 0) is 13.1 Å². The normalized spacial score (nSPS) is 15.4. The van der Waals surface area contributed by atoms with Gasteiger partial charge in [-0.3, -0.25) is 0 Å². The number of pyridine rings is 1. The van der Waals surface area contributed by atoms with Gasteiger partial charge in [-0.15, -0.1) is 0 Å². The lowest BCUT2D eigenvalue weighted by atomic mass is 10.2. The SMILES string of the molecule is CCNC(=NCc1ccc2c(c1)OCO2)NCc1ccnc(OCC2CC2)c1. The van der Waals surface area contributed by atoms with Gasteiger partial charge < -0.3 is 24.8 Å². The first-order valence-electron chi connectivity index (χ1n) is 9.78. The maximum absolute atomic E-state index is 5.76. The van der Waals surface area contributed by atoms with Gasteiger partial charge in [0, 0.05) is 25.4 Å². The second kappa shape index (κ2) is 8.82. The number of benzene rings is 1. The van der Waals surface area contributed by atoms with Gasteiger partial charge in [0.25, 0.3) is 0 Å². The molecule has 148 valence electrons. The van der Waals surface area contributed by atoms with Crippen LogP contribution in [0.5, 0.6) is 17.4 Å². The van der Waals surface area contributed by atoms with Gasteiger partial charge in [-0.1, -0.05) is 6.07 Å². The summed E-state index contributed by atoms with van der Waals surface area (Å²) < 4.78 is 16.5. The van der Waals surface area contributed by atoms with E-state index in [4.69, 9.17) is 14.2 Å². The number of guanidine groups is 1. The quantitative estimate of drug-likeness (QED) is 0.540. The van der Waals surface area contributed by atoms with Gasteiger partial charge in [-0.25, -0.2) is 9.98 Å². The predicted molar refractivity (Wildman–Crippen MR) is 107 cm³/mol. The molecule has 1 aliphatic carbocycles. The number of ether oxygens (including phenoxy) is 3. The van der Waals surface area contributed by atoms with Gasteiger partial charge in [0.1, 0.15) is 0 Å². The molecular formula is C21H26N4O3. The maximum atomic E-state index is 5.76. The highest BCUT2D eigenvalue weighted by atomic mass is 16.7. The average molecular weight is 382 g/mol. The fraction of sp³-hybridized carbons (Fsp3) is 0.429. The van der Waals surface area contributed by atoms with E-state index < -0.39 is 0 Å². The summed E-state index contributed by atoms with van der Waals surface area (Å²) in [6.45, 7) is 5.09. The zero-order valence-corrected chi connectivity index (χ0v) is 16.1. The average Bonchev–Trinajstić information content (AvgIpc) is 3.44. The molecule has 1 aromatic carbocycles. The van der Waals surface area contributed by atoms with E-state index in [0.29, 0.717) is 24.9 Å². The summed E-state index contributed by atoms with van der Waals surface area (Å²) in [5.74, 6) is 3.73. The van der Waals surface area contributed by atoms with Crippen LogP contribution < -0.4 is 24.8 Å². The van der Waals surface area contributed by atoms with Crippen LogP contribution in [0.2, 0.25) is 0 Å². The Morgan fingerprint density at radius 2 is 2.04 bits per heavy atom. The van der Waals surface area contributed by atoms with Gasteiger partial charge in [-0.2, -0.15) is 0 Å². The Morgan fingerprint density at radius 3 is 2.89 bits per heavy atom. The van der Waals surface area contributed by atoms with Gasteiger partial charge in [0.15, 0.2) is 17.5 Å². The van der Waals surface area contributed by atoms with Crippen molar-refractivity contribution >= 4 is 5.96 Å². The summed E-state index contributed by atoms with van der Waals surface area (Å²) >= 11 is 0. The van der Waals surface area contributed by atoms with E-state index in [1.807, 2.05) is 37.3 Å². The summed E-state index contributed by atoms with van der Waals surface area (Å²) in [4.78, 5) is 8.95. The summed E-state index contributed by atoms with van der Waals surface area (Å²) in [6, 6.07) is 9.87. The van der Waals surface area contributed by atoms with E-state index >= 15 is 0 Å². The minimum atomic E-state index is 0.282. The predicted octanol–water partition coefficient (Wildman–Crippen LogP) is 2.85. The van der Waals surface area contributed by atoms with Crippen molar-refractivity contribution in [3.05, 3.63) is 47.7 Å². The molecule has 0 radical (unpaired) electrons. The van der Waals surface area contributed by atoms with Crippen LogP contribution in [-0.4, -0.2) is 30.9 Å². The fourth-order valence-corrected chi connectivity index (χ4v) is 2.86. The third kappa shape index (κ3) is 5.06. The number of nitrogens with one attached hydrogen (secondary N) is 2. The van der Waals surface area contributed by atoms with Gasteiger partial charge in [-0.05, 0) is 55.0 Å². The van der Waals surface area contributed by atoms with Crippen LogP contribution in [0.15, 0.2) is 41.5 Å². The third-order valence-electron chi connectivity index (χ3n) is 4.62. The third-order valence-corrected chi connectivity index (χ3v) is 4.62. The van der Waals surface area contributed by atoms with E-state index in [2.05, 4.69) is 20.6 Å². The van der Waals surface area contributed by atoms with Crippen molar-refractivity contribution in [2.24, 2.45) is 10.9 Å². The highest BCUT2D eigenvalue weighted by Gasteiger charge is 2.22. The van der Waals surface area contributed by atoms with E-state index in [-0.39, 0.29) is 6.79 Å². The Bertz CT molecular complexity index is 836. The second-order valence-electron chi connectivity index (χ2n) is 6.99. The van der Waals surface area contributed by atoms with Gasteiger partial charge in [0.05, 0.1) is 13.2 Å². The van der Waals surface area contributed by atoms with E-state index in [0.717, 1.165) is 41.7 Å². The Kier molecular flexibility index (Phi) is 5.80. The largest absolute Gasteiger partial charge is 0.477 e.